The monoisotopic (exact) mass is 395 g/mol. The molecule has 0 amide bonds. The summed E-state index contributed by atoms with van der Waals surface area (Å²) < 4.78 is 53.8. The molecule has 7 nitrogen and oxygen atoms in total. The van der Waals surface area contributed by atoms with E-state index in [1.165, 1.54) is 19.1 Å². The summed E-state index contributed by atoms with van der Waals surface area (Å²) in [5.41, 5.74) is 0.536. The maximum Gasteiger partial charge on any atom is 0.416 e. The molecular weight excluding hydrogens is 379 g/mol. The summed E-state index contributed by atoms with van der Waals surface area (Å²) in [7, 11) is 0. The molecule has 0 saturated carbocycles. The van der Waals surface area contributed by atoms with Crippen LogP contribution in [0.5, 0.6) is 0 Å². The average molecular weight is 395 g/mol. The van der Waals surface area contributed by atoms with Crippen molar-refractivity contribution in [3.63, 3.8) is 0 Å². The normalized spacial score (nSPS) is 12.8. The summed E-state index contributed by atoms with van der Waals surface area (Å²) in [5.74, 6) is -0.0957. The Kier molecular flexibility index (Phi) is 5.21. The molecule has 0 bridgehead atoms. The van der Waals surface area contributed by atoms with Crippen LogP contribution in [0.2, 0.25) is 0 Å². The average Bonchev–Trinajstić information content (AvgIpc) is 3.24. The number of esters is 1. The van der Waals surface area contributed by atoms with Gasteiger partial charge in [0.05, 0.1) is 17.7 Å². The molecule has 10 heteroatoms. The number of nitrogens with zero attached hydrogens (tertiary/aromatic N) is 3. The topological polar surface area (TPSA) is 91.2 Å². The van der Waals surface area contributed by atoms with E-state index in [-0.39, 0.29) is 23.7 Å². The van der Waals surface area contributed by atoms with Crippen molar-refractivity contribution in [2.24, 2.45) is 0 Å². The van der Waals surface area contributed by atoms with Crippen molar-refractivity contribution in [3.8, 4) is 11.4 Å². The third-order valence-electron chi connectivity index (χ3n) is 4.05. The molecular formula is C18H16F3N3O4. The van der Waals surface area contributed by atoms with Crippen molar-refractivity contribution in [2.45, 2.75) is 39.5 Å². The first-order valence-corrected chi connectivity index (χ1v) is 8.27. The first kappa shape index (κ1) is 19.6. The summed E-state index contributed by atoms with van der Waals surface area (Å²) in [5, 5.41) is 7.44. The smallest absolute Gasteiger partial charge is 0.416 e. The van der Waals surface area contributed by atoms with E-state index in [9.17, 15) is 18.0 Å². The van der Waals surface area contributed by atoms with Gasteiger partial charge in [0, 0.05) is 11.1 Å². The highest BCUT2D eigenvalue weighted by Crippen LogP contribution is 2.31. The van der Waals surface area contributed by atoms with Crippen LogP contribution in [-0.4, -0.2) is 21.3 Å². The lowest BCUT2D eigenvalue weighted by Crippen LogP contribution is -2.12. The maximum absolute atomic E-state index is 12.8. The number of halogens is 3. The number of benzene rings is 1. The van der Waals surface area contributed by atoms with Gasteiger partial charge >= 0.3 is 12.1 Å². The maximum atomic E-state index is 12.8. The Bertz CT molecular complexity index is 975. The SMILES string of the molecule is Cc1noc(C)c1CC(=O)OC(C)c1nc(-c2cccc(C(F)(F)F)c2)no1. The van der Waals surface area contributed by atoms with Gasteiger partial charge in [0.2, 0.25) is 5.82 Å². The molecule has 148 valence electrons. The van der Waals surface area contributed by atoms with Crippen LogP contribution >= 0.6 is 0 Å². The lowest BCUT2D eigenvalue weighted by atomic mass is 10.1. The lowest BCUT2D eigenvalue weighted by Gasteiger charge is -2.09. The highest BCUT2D eigenvalue weighted by atomic mass is 19.4. The molecule has 0 aliphatic heterocycles. The zero-order valence-corrected chi connectivity index (χ0v) is 15.2. The number of ether oxygens (including phenoxy) is 1. The summed E-state index contributed by atoms with van der Waals surface area (Å²) in [4.78, 5) is 16.2. The number of alkyl halides is 3. The fourth-order valence-electron chi connectivity index (χ4n) is 2.54. The molecule has 2 aromatic heterocycles. The molecule has 28 heavy (non-hydrogen) atoms. The van der Waals surface area contributed by atoms with Crippen LogP contribution in [0.1, 0.15) is 41.5 Å². The number of carbonyl (C=O) groups is 1. The second-order valence-corrected chi connectivity index (χ2v) is 6.15. The molecule has 0 N–H and O–H groups in total. The minimum absolute atomic E-state index is 0.0282. The van der Waals surface area contributed by atoms with E-state index in [4.69, 9.17) is 13.8 Å². The summed E-state index contributed by atoms with van der Waals surface area (Å²) >= 11 is 0. The quantitative estimate of drug-likeness (QED) is 0.598. The van der Waals surface area contributed by atoms with Crippen molar-refractivity contribution in [1.29, 1.82) is 0 Å². The number of hydrogen-bond acceptors (Lipinski definition) is 7. The largest absolute Gasteiger partial charge is 0.452 e. The molecule has 0 radical (unpaired) electrons. The standard InChI is InChI=1S/C18H16F3N3O4/c1-9-14(10(2)27-23-9)8-15(25)26-11(3)17-22-16(24-28-17)12-5-4-6-13(7-12)18(19,20)21/h4-7,11H,8H2,1-3H3. The van der Waals surface area contributed by atoms with Gasteiger partial charge in [0.25, 0.3) is 5.89 Å². The third kappa shape index (κ3) is 4.21. The molecule has 0 fully saturated rings. The Morgan fingerprint density at radius 3 is 2.61 bits per heavy atom. The van der Waals surface area contributed by atoms with Gasteiger partial charge in [-0.2, -0.15) is 18.2 Å². The van der Waals surface area contributed by atoms with Gasteiger partial charge in [0.15, 0.2) is 6.10 Å². The molecule has 0 spiro atoms. The van der Waals surface area contributed by atoms with Crippen LogP contribution in [-0.2, 0) is 22.1 Å². The van der Waals surface area contributed by atoms with E-state index in [2.05, 4.69) is 15.3 Å². The first-order chi connectivity index (χ1) is 13.1. The van der Waals surface area contributed by atoms with Gasteiger partial charge in [-0.1, -0.05) is 22.4 Å². The van der Waals surface area contributed by atoms with Crippen molar-refractivity contribution in [3.05, 3.63) is 52.7 Å². The predicted octanol–water partition coefficient (Wildman–Crippen LogP) is 4.21. The van der Waals surface area contributed by atoms with E-state index >= 15 is 0 Å². The van der Waals surface area contributed by atoms with Gasteiger partial charge in [-0.15, -0.1) is 0 Å². The Morgan fingerprint density at radius 1 is 1.21 bits per heavy atom. The summed E-state index contributed by atoms with van der Waals surface area (Å²) in [6.45, 7) is 4.92. The van der Waals surface area contributed by atoms with Crippen LogP contribution in [0.4, 0.5) is 13.2 Å². The van der Waals surface area contributed by atoms with E-state index < -0.39 is 23.8 Å². The van der Waals surface area contributed by atoms with Crippen LogP contribution in [0, 0.1) is 13.8 Å². The molecule has 1 atom stereocenters. The van der Waals surface area contributed by atoms with Crippen molar-refractivity contribution in [1.82, 2.24) is 15.3 Å². The highest BCUT2D eigenvalue weighted by Gasteiger charge is 2.31. The number of hydrogen-bond donors (Lipinski definition) is 0. The fraction of sp³-hybridized carbons (Fsp3) is 0.333. The zero-order valence-electron chi connectivity index (χ0n) is 15.2. The van der Waals surface area contributed by atoms with Crippen LogP contribution in [0.25, 0.3) is 11.4 Å². The van der Waals surface area contributed by atoms with Gasteiger partial charge in [0.1, 0.15) is 5.76 Å². The van der Waals surface area contributed by atoms with Gasteiger partial charge in [-0.3, -0.25) is 4.79 Å². The third-order valence-corrected chi connectivity index (χ3v) is 4.05. The Morgan fingerprint density at radius 2 is 1.96 bits per heavy atom. The van der Waals surface area contributed by atoms with Crippen molar-refractivity contribution >= 4 is 5.97 Å². The van der Waals surface area contributed by atoms with Crippen LogP contribution in [0.3, 0.4) is 0 Å². The molecule has 3 rings (SSSR count). The second-order valence-electron chi connectivity index (χ2n) is 6.15. The predicted molar refractivity (Wildman–Crippen MR) is 88.9 cm³/mol. The van der Waals surface area contributed by atoms with Crippen LogP contribution in [0.15, 0.2) is 33.3 Å². The molecule has 1 aromatic carbocycles. The Hall–Kier alpha value is -3.17. The highest BCUT2D eigenvalue weighted by molar-refractivity contribution is 5.73. The first-order valence-electron chi connectivity index (χ1n) is 8.27. The minimum atomic E-state index is -4.48. The molecule has 3 aromatic rings. The number of rotatable bonds is 5. The van der Waals surface area contributed by atoms with Gasteiger partial charge < -0.3 is 13.8 Å². The van der Waals surface area contributed by atoms with E-state index in [0.29, 0.717) is 17.0 Å². The van der Waals surface area contributed by atoms with Crippen molar-refractivity contribution < 1.29 is 31.7 Å². The Labute approximate surface area is 157 Å². The van der Waals surface area contributed by atoms with Crippen LogP contribution < -0.4 is 0 Å². The van der Waals surface area contributed by atoms with E-state index in [0.717, 1.165) is 12.1 Å². The summed E-state index contributed by atoms with van der Waals surface area (Å²) in [6.07, 6.45) is -5.40. The molecule has 2 heterocycles. The number of aryl methyl sites for hydroxylation is 2. The van der Waals surface area contributed by atoms with Gasteiger partial charge in [-0.05, 0) is 32.9 Å². The number of carbonyl (C=O) groups excluding carboxylic acids is 1. The fourth-order valence-corrected chi connectivity index (χ4v) is 2.54. The zero-order chi connectivity index (χ0) is 20.5. The molecule has 0 aliphatic rings. The molecule has 0 aliphatic carbocycles. The van der Waals surface area contributed by atoms with E-state index in [1.807, 2.05) is 0 Å². The van der Waals surface area contributed by atoms with Crippen molar-refractivity contribution in [2.75, 3.05) is 0 Å². The number of aromatic nitrogens is 3. The van der Waals surface area contributed by atoms with Gasteiger partial charge in [-0.25, -0.2) is 0 Å². The van der Waals surface area contributed by atoms with E-state index in [1.54, 1.807) is 13.8 Å². The minimum Gasteiger partial charge on any atom is -0.452 e. The molecule has 0 saturated heterocycles. The Balaban J connectivity index is 1.70. The molecule has 1 unspecified atom stereocenters. The summed E-state index contributed by atoms with van der Waals surface area (Å²) in [6, 6.07) is 4.55. The second kappa shape index (κ2) is 7.45. The lowest BCUT2D eigenvalue weighted by molar-refractivity contribution is -0.149.